The lowest BCUT2D eigenvalue weighted by Crippen LogP contribution is -2.50. The van der Waals surface area contributed by atoms with Crippen LogP contribution < -0.4 is 20.1 Å². The summed E-state index contributed by atoms with van der Waals surface area (Å²) in [6, 6.07) is 9.86. The van der Waals surface area contributed by atoms with E-state index in [1.165, 1.54) is 7.11 Å². The number of carbonyl (C=O) groups excluding carboxylic acids is 2. The Morgan fingerprint density at radius 3 is 2.71 bits per heavy atom. The van der Waals surface area contributed by atoms with Crippen molar-refractivity contribution in [3.63, 3.8) is 0 Å². The molecule has 2 aromatic carbocycles. The minimum absolute atomic E-state index is 0.342. The number of carbonyl (C=O) groups is 2. The van der Waals surface area contributed by atoms with Crippen LogP contribution in [0.2, 0.25) is 5.02 Å². The minimum Gasteiger partial charge on any atom is -0.493 e. The Morgan fingerprint density at radius 1 is 1.26 bits per heavy atom. The number of nitrogens with zero attached hydrogens (tertiary/aromatic N) is 2. The number of amides is 2. The zero-order valence-electron chi connectivity index (χ0n) is 19.7. The van der Waals surface area contributed by atoms with Crippen molar-refractivity contribution in [3.8, 4) is 11.5 Å². The van der Waals surface area contributed by atoms with Crippen LogP contribution in [0, 0.1) is 13.8 Å². The van der Waals surface area contributed by atoms with Gasteiger partial charge in [-0.1, -0.05) is 29.3 Å². The number of benzene rings is 2. The molecule has 0 bridgehead atoms. The van der Waals surface area contributed by atoms with Gasteiger partial charge in [0.05, 0.1) is 24.4 Å². The second-order valence-corrected chi connectivity index (χ2v) is 8.63. The number of aromatic nitrogens is 2. The fourth-order valence-corrected chi connectivity index (χ4v) is 4.70. The molecular weight excluding hydrogens is 456 g/mol. The summed E-state index contributed by atoms with van der Waals surface area (Å²) < 4.78 is 12.8. The maximum Gasteiger partial charge on any atom is 0.251 e. The van der Waals surface area contributed by atoms with Gasteiger partial charge in [-0.15, -0.1) is 0 Å². The highest BCUT2D eigenvalue weighted by atomic mass is 35.5. The molecular formula is C25H27ClN4O4. The topological polar surface area (TPSA) is 94.5 Å². The van der Waals surface area contributed by atoms with Crippen LogP contribution in [0.5, 0.6) is 11.5 Å². The summed E-state index contributed by atoms with van der Waals surface area (Å²) in [6.07, 6.45) is 0. The van der Waals surface area contributed by atoms with Gasteiger partial charge in [0.1, 0.15) is 11.9 Å². The van der Waals surface area contributed by atoms with Gasteiger partial charge in [-0.05, 0) is 50.6 Å². The van der Waals surface area contributed by atoms with Crippen molar-refractivity contribution < 1.29 is 19.1 Å². The first-order chi connectivity index (χ1) is 16.2. The molecule has 0 unspecified atom stereocenters. The van der Waals surface area contributed by atoms with E-state index in [9.17, 15) is 9.59 Å². The summed E-state index contributed by atoms with van der Waals surface area (Å²) >= 11 is 6.57. The fraction of sp³-hybridized carbons (Fsp3) is 0.320. The Bertz CT molecular complexity index is 1270. The van der Waals surface area contributed by atoms with Crippen LogP contribution in [0.25, 0.3) is 0 Å². The molecule has 1 aromatic heterocycles. The average Bonchev–Trinajstić information content (AvgIpc) is 3.08. The number of hydrogen-bond donors (Lipinski definition) is 2. The van der Waals surface area contributed by atoms with E-state index in [4.69, 9.17) is 21.1 Å². The Balaban J connectivity index is 1.84. The Morgan fingerprint density at radius 2 is 2.03 bits per heavy atom. The average molecular weight is 483 g/mol. The number of rotatable bonds is 6. The van der Waals surface area contributed by atoms with E-state index in [0.717, 1.165) is 16.8 Å². The molecule has 2 amide bonds. The van der Waals surface area contributed by atoms with Gasteiger partial charge >= 0.3 is 0 Å². The van der Waals surface area contributed by atoms with Crippen molar-refractivity contribution in [3.05, 3.63) is 69.4 Å². The first kappa shape index (κ1) is 23.6. The molecule has 4 rings (SSSR count). The second-order valence-electron chi connectivity index (χ2n) is 8.23. The van der Waals surface area contributed by atoms with Gasteiger partial charge in [0, 0.05) is 24.1 Å². The van der Waals surface area contributed by atoms with Crippen molar-refractivity contribution >= 4 is 29.2 Å². The van der Waals surface area contributed by atoms with Crippen LogP contribution in [0.15, 0.2) is 36.4 Å². The van der Waals surface area contributed by atoms with Gasteiger partial charge in [-0.2, -0.15) is 5.10 Å². The summed E-state index contributed by atoms with van der Waals surface area (Å²) in [4.78, 5) is 26.4. The molecule has 2 N–H and O–H groups in total. The summed E-state index contributed by atoms with van der Waals surface area (Å²) in [5, 5.41) is 10.7. The molecule has 0 fully saturated rings. The zero-order valence-corrected chi connectivity index (χ0v) is 20.5. The van der Waals surface area contributed by atoms with E-state index in [1.807, 2.05) is 32.9 Å². The smallest absolute Gasteiger partial charge is 0.251 e. The van der Waals surface area contributed by atoms with Crippen molar-refractivity contribution in [2.45, 2.75) is 32.7 Å². The molecule has 1 aliphatic heterocycles. The Labute approximate surface area is 203 Å². The summed E-state index contributed by atoms with van der Waals surface area (Å²) in [7, 11) is 3.30. The summed E-state index contributed by atoms with van der Waals surface area (Å²) in [5.41, 5.74) is 3.67. The first-order valence-corrected chi connectivity index (χ1v) is 11.3. The normalized spacial score (nSPS) is 17.1. The number of hydrogen-bond acceptors (Lipinski definition) is 5. The third-order valence-corrected chi connectivity index (χ3v) is 6.18. The molecule has 9 heteroatoms. The first-order valence-electron chi connectivity index (χ1n) is 11.0. The minimum atomic E-state index is -0.901. The lowest BCUT2D eigenvalue weighted by Gasteiger charge is -2.33. The van der Waals surface area contributed by atoms with Crippen LogP contribution in [0.4, 0.5) is 5.82 Å². The molecule has 178 valence electrons. The van der Waals surface area contributed by atoms with E-state index in [1.54, 1.807) is 36.0 Å². The predicted octanol–water partition coefficient (Wildman–Crippen LogP) is 3.98. The van der Waals surface area contributed by atoms with E-state index >= 15 is 0 Å². The largest absolute Gasteiger partial charge is 0.493 e. The maximum absolute atomic E-state index is 13.3. The lowest BCUT2D eigenvalue weighted by atomic mass is 9.81. The quantitative estimate of drug-likeness (QED) is 0.554. The van der Waals surface area contributed by atoms with Crippen LogP contribution >= 0.6 is 11.6 Å². The van der Waals surface area contributed by atoms with Crippen molar-refractivity contribution in [2.75, 3.05) is 19.0 Å². The highest BCUT2D eigenvalue weighted by Crippen LogP contribution is 2.44. The summed E-state index contributed by atoms with van der Waals surface area (Å²) in [6.45, 7) is 6.06. The number of nitrogens with one attached hydrogen (secondary N) is 2. The Hall–Kier alpha value is -3.52. The van der Waals surface area contributed by atoms with E-state index < -0.39 is 12.0 Å². The van der Waals surface area contributed by atoms with Gasteiger partial charge in [-0.3, -0.25) is 14.3 Å². The molecule has 0 saturated carbocycles. The predicted molar refractivity (Wildman–Crippen MR) is 130 cm³/mol. The zero-order chi connectivity index (χ0) is 24.6. The standard InChI is InChI=1S/C25H27ClN4O4/c1-6-34-22-17(26)11-16(12-18(22)33-5)20-19-14(3)29-30(4)23(19)28-25(32)21(20)27-24(31)15-9-7-8-13(2)10-15/h7-12,20-21H,6H2,1-5H3,(H,27,31)(H,28,32)/t20-,21+/m1/s1. The van der Waals surface area contributed by atoms with Crippen LogP contribution in [0.3, 0.4) is 0 Å². The molecule has 0 radical (unpaired) electrons. The molecule has 1 aliphatic rings. The highest BCUT2D eigenvalue weighted by Gasteiger charge is 2.42. The van der Waals surface area contributed by atoms with Gasteiger partial charge in [0.15, 0.2) is 11.5 Å². The monoisotopic (exact) mass is 482 g/mol. The fourth-order valence-electron chi connectivity index (χ4n) is 4.43. The third kappa shape index (κ3) is 4.21. The molecule has 2 atom stereocenters. The van der Waals surface area contributed by atoms with Crippen molar-refractivity contribution in [1.82, 2.24) is 15.1 Å². The molecule has 0 saturated heterocycles. The molecule has 8 nitrogen and oxygen atoms in total. The molecule has 0 spiro atoms. The number of anilines is 1. The van der Waals surface area contributed by atoms with Crippen molar-refractivity contribution in [1.29, 1.82) is 0 Å². The van der Waals surface area contributed by atoms with Crippen LogP contribution in [-0.4, -0.2) is 41.4 Å². The molecule has 3 aromatic rings. The number of methoxy groups -OCH3 is 1. The second kappa shape index (κ2) is 9.38. The van der Waals surface area contributed by atoms with E-state index in [-0.39, 0.29) is 11.8 Å². The van der Waals surface area contributed by atoms with Gasteiger partial charge < -0.3 is 20.1 Å². The Kier molecular flexibility index (Phi) is 6.52. The SMILES string of the molecule is CCOc1c(Cl)cc([C@@H]2c3c(C)nn(C)c3NC(=O)[C@H]2NC(=O)c2cccc(C)c2)cc1OC. The van der Waals surface area contributed by atoms with Crippen LogP contribution in [0.1, 0.15) is 45.6 Å². The number of aryl methyl sites for hydroxylation is 3. The van der Waals surface area contributed by atoms with Gasteiger partial charge in [-0.25, -0.2) is 0 Å². The lowest BCUT2D eigenvalue weighted by molar-refractivity contribution is -0.118. The van der Waals surface area contributed by atoms with Crippen molar-refractivity contribution in [2.24, 2.45) is 7.05 Å². The molecule has 34 heavy (non-hydrogen) atoms. The highest BCUT2D eigenvalue weighted by molar-refractivity contribution is 6.32. The number of fused-ring (bicyclic) bond motifs is 1. The van der Waals surface area contributed by atoms with E-state index in [2.05, 4.69) is 15.7 Å². The van der Waals surface area contributed by atoms with Gasteiger partial charge in [0.25, 0.3) is 5.91 Å². The maximum atomic E-state index is 13.3. The van der Waals surface area contributed by atoms with Gasteiger partial charge in [0.2, 0.25) is 5.91 Å². The summed E-state index contributed by atoms with van der Waals surface area (Å²) in [5.74, 6) is 0.223. The third-order valence-electron chi connectivity index (χ3n) is 5.90. The molecule has 2 heterocycles. The number of halogens is 1. The number of ether oxygens (including phenoxy) is 2. The van der Waals surface area contributed by atoms with E-state index in [0.29, 0.717) is 40.1 Å². The van der Waals surface area contributed by atoms with Crippen LogP contribution in [-0.2, 0) is 11.8 Å². The molecule has 0 aliphatic carbocycles.